The molecule has 7 heterocycles. The standard InChI is InChI=1S/C73H115NO36/c1-10-72(95)28-99-64(56(72)90)107-53-33(79)26-98-59(51(53)89)106-52-29(3)100-60(50(88)47(52)85)109-55-45(83)42(74-66(94)96-11-2)36(23-75)103-63(55)110-65(93)73-19-18-67(4,5)21-31(73)30-12-13-39-68(6)16-15-41(69(7,27-77)38(68)14-17-70(39,8)71(30,9)22-40(73)80)105-62-54(108-61-49(87)46(84)44(82)37(24-76)104-61)34(20-35(102-62)57(91)92)101-58-48(86)43(81)32(78)25-97-58/h12,27,29,31-56,58-64,75-76,78-90,95H,10-11,13-26,28H2,1-9H3,(H,74,94)(H,91,92)/t29?,31?,32-,33-,34-,35?,36?,37?,38+,39?,40?,41-,42-,43-,44-,45?,46-,47?,48?,49?,50?,51?,52-,53?,54?,55?,56?,58-,59-,60-,61-,62-,63-,64+,68?,69+,70-,71+,72-,73+/m0/s1. The summed E-state index contributed by atoms with van der Waals surface area (Å²) in [4.78, 5) is 56.4. The third kappa shape index (κ3) is 15.1. The molecule has 7 aliphatic heterocycles. The molecule has 4 saturated carbocycles. The first-order chi connectivity index (χ1) is 51.7. The van der Waals surface area contributed by atoms with Gasteiger partial charge in [-0.3, -0.25) is 4.79 Å². The Morgan fingerprint density at radius 3 is 1.88 bits per heavy atom. The predicted octanol–water partition coefficient (Wildman–Crippen LogP) is -4.17. The molecule has 1 amide bonds. The first kappa shape index (κ1) is 85.8. The Kier molecular flexibility index (Phi) is 25.5. The summed E-state index contributed by atoms with van der Waals surface area (Å²) in [7, 11) is 0. The van der Waals surface area contributed by atoms with E-state index in [1.54, 1.807) is 13.8 Å². The molecule has 0 aromatic rings. The van der Waals surface area contributed by atoms with Gasteiger partial charge in [0.15, 0.2) is 49.9 Å². The van der Waals surface area contributed by atoms with E-state index in [4.69, 9.17) is 71.1 Å². The smallest absolute Gasteiger partial charge is 0.407 e. The Morgan fingerprint density at radius 1 is 0.600 bits per heavy atom. The molecule has 0 bridgehead atoms. The highest BCUT2D eigenvalue weighted by atomic mass is 16.8. The summed E-state index contributed by atoms with van der Waals surface area (Å²) >= 11 is 0. The topological polar surface area (TPSA) is 563 Å². The van der Waals surface area contributed by atoms with Crippen LogP contribution in [0.25, 0.3) is 0 Å². The van der Waals surface area contributed by atoms with Crippen molar-refractivity contribution in [2.24, 2.45) is 50.2 Å². The van der Waals surface area contributed by atoms with Gasteiger partial charge in [-0.15, -0.1) is 0 Å². The van der Waals surface area contributed by atoms with Gasteiger partial charge in [-0.05, 0) is 117 Å². The van der Waals surface area contributed by atoms with Gasteiger partial charge in [0, 0.05) is 6.42 Å². The Labute approximate surface area is 635 Å². The lowest BCUT2D eigenvalue weighted by molar-refractivity contribution is -0.379. The zero-order valence-electron chi connectivity index (χ0n) is 63.2. The molecule has 18 N–H and O–H groups in total. The Hall–Kier alpha value is -3.54. The molecule has 37 nitrogen and oxygen atoms in total. The minimum absolute atomic E-state index is 0.0130. The number of fused-ring (bicyclic) bond motifs is 7. The maximum absolute atomic E-state index is 16.0. The molecule has 7 saturated heterocycles. The minimum atomic E-state index is -2.09. The van der Waals surface area contributed by atoms with E-state index in [-0.39, 0.29) is 44.8 Å². The highest BCUT2D eigenvalue weighted by Crippen LogP contribution is 2.76. The van der Waals surface area contributed by atoms with Crippen LogP contribution in [0.15, 0.2) is 11.6 Å². The number of rotatable bonds is 21. The summed E-state index contributed by atoms with van der Waals surface area (Å²) in [6, 6.07) is -1.56. The number of carbonyl (C=O) groups excluding carboxylic acids is 3. The normalized spacial score (nSPS) is 52.2. The van der Waals surface area contributed by atoms with Crippen LogP contribution in [0, 0.1) is 50.2 Å². The number of hydrogen-bond donors (Lipinski definition) is 18. The lowest BCUT2D eigenvalue weighted by atomic mass is 9.33. The van der Waals surface area contributed by atoms with E-state index in [1.807, 2.05) is 0 Å². The number of carboxylic acid groups (broad SMARTS) is 1. The van der Waals surface area contributed by atoms with Crippen LogP contribution < -0.4 is 5.32 Å². The average molecular weight is 1580 g/mol. The molecule has 0 radical (unpaired) electrons. The summed E-state index contributed by atoms with van der Waals surface area (Å²) in [6.07, 6.45) is -47.1. The fraction of sp³-hybridized carbons (Fsp3) is 0.918. The van der Waals surface area contributed by atoms with E-state index < -0.39 is 291 Å². The molecule has 12 aliphatic rings. The van der Waals surface area contributed by atoms with Crippen LogP contribution in [0.1, 0.15) is 133 Å². The molecule has 0 aromatic carbocycles. The maximum atomic E-state index is 16.0. The Morgan fingerprint density at radius 2 is 1.23 bits per heavy atom. The number of aliphatic hydroxyl groups excluding tert-OH is 15. The maximum Gasteiger partial charge on any atom is 0.407 e. The number of ether oxygens (including phenoxy) is 15. The van der Waals surface area contributed by atoms with E-state index in [2.05, 4.69) is 46.0 Å². The second-order valence-electron chi connectivity index (χ2n) is 34.3. The third-order valence-electron chi connectivity index (χ3n) is 27.5. The largest absolute Gasteiger partial charge is 0.479 e. The van der Waals surface area contributed by atoms with Gasteiger partial charge >= 0.3 is 18.0 Å². The third-order valence-corrected chi connectivity index (χ3v) is 27.5. The van der Waals surface area contributed by atoms with Gasteiger partial charge in [-0.25, -0.2) is 9.59 Å². The predicted molar refractivity (Wildman–Crippen MR) is 363 cm³/mol. The lowest BCUT2D eigenvalue weighted by Gasteiger charge is -2.71. The number of amides is 1. The monoisotopic (exact) mass is 1580 g/mol. The summed E-state index contributed by atoms with van der Waals surface area (Å²) in [6.45, 7) is 13.6. The molecule has 110 heavy (non-hydrogen) atoms. The molecule has 37 heteroatoms. The van der Waals surface area contributed by atoms with Gasteiger partial charge in [0.2, 0.25) is 6.29 Å². The summed E-state index contributed by atoms with van der Waals surface area (Å²) in [5, 5.41) is 192. The van der Waals surface area contributed by atoms with Crippen molar-refractivity contribution < 1.29 is 177 Å². The van der Waals surface area contributed by atoms with Gasteiger partial charge in [0.1, 0.15) is 121 Å². The van der Waals surface area contributed by atoms with Crippen molar-refractivity contribution in [2.45, 2.75) is 329 Å². The molecule has 0 aromatic heterocycles. The Bertz CT molecular complexity index is 3250. The van der Waals surface area contributed by atoms with E-state index in [0.717, 1.165) is 11.9 Å². The number of aliphatic hydroxyl groups is 16. The minimum Gasteiger partial charge on any atom is -0.479 e. The van der Waals surface area contributed by atoms with Gasteiger partial charge in [-0.2, -0.15) is 0 Å². The molecular formula is C73H115NO36. The summed E-state index contributed by atoms with van der Waals surface area (Å²) < 4.78 is 90.1. The second-order valence-corrected chi connectivity index (χ2v) is 34.3. The molecule has 11 fully saturated rings. The quantitative estimate of drug-likeness (QED) is 0.0224. The number of carbonyl (C=O) groups is 4. The second kappa shape index (κ2) is 32.7. The number of hydrogen-bond acceptors (Lipinski definition) is 35. The molecule has 0 spiro atoms. The van der Waals surface area contributed by atoms with Crippen molar-refractivity contribution in [2.75, 3.05) is 39.6 Å². The molecule has 40 atom stereocenters. The zero-order chi connectivity index (χ0) is 80.2. The van der Waals surface area contributed by atoms with Gasteiger partial charge < -0.3 is 168 Å². The fourth-order valence-corrected chi connectivity index (χ4v) is 20.7. The van der Waals surface area contributed by atoms with E-state index in [9.17, 15) is 101 Å². The number of esters is 1. The first-order valence-electron chi connectivity index (χ1n) is 38.5. The van der Waals surface area contributed by atoms with Gasteiger partial charge in [0.25, 0.3) is 0 Å². The van der Waals surface area contributed by atoms with Crippen LogP contribution in [0.3, 0.4) is 0 Å². The Balaban J connectivity index is 0.798. The number of aliphatic carboxylic acids is 1. The van der Waals surface area contributed by atoms with Crippen LogP contribution >= 0.6 is 0 Å². The average Bonchev–Trinajstić information content (AvgIpc) is 0.703. The van der Waals surface area contributed by atoms with E-state index >= 15 is 4.79 Å². The fourth-order valence-electron chi connectivity index (χ4n) is 20.7. The lowest BCUT2D eigenvalue weighted by Crippen LogP contribution is -2.70. The summed E-state index contributed by atoms with van der Waals surface area (Å²) in [5.74, 6) is -3.88. The van der Waals surface area contributed by atoms with Crippen LogP contribution in [0.4, 0.5) is 4.79 Å². The van der Waals surface area contributed by atoms with Crippen LogP contribution in [0.2, 0.25) is 0 Å². The highest BCUT2D eigenvalue weighted by molar-refractivity contribution is 5.80. The van der Waals surface area contributed by atoms with Crippen molar-refractivity contribution in [1.29, 1.82) is 0 Å². The van der Waals surface area contributed by atoms with Crippen LogP contribution in [-0.4, -0.2) is 347 Å². The molecule has 12 rings (SSSR count). The number of aldehydes is 1. The molecule has 5 aliphatic carbocycles. The van der Waals surface area contributed by atoms with Crippen molar-refractivity contribution >= 4 is 24.3 Å². The van der Waals surface area contributed by atoms with Gasteiger partial charge in [-0.1, -0.05) is 60.1 Å². The number of alkyl carbamates (subject to hydrolysis) is 1. The van der Waals surface area contributed by atoms with Crippen molar-refractivity contribution in [1.82, 2.24) is 5.32 Å². The molecule has 18 unspecified atom stereocenters. The van der Waals surface area contributed by atoms with Crippen molar-refractivity contribution in [3.8, 4) is 0 Å². The van der Waals surface area contributed by atoms with Crippen LogP contribution in [0.5, 0.6) is 0 Å². The number of allylic oxidation sites excluding steroid dienone is 2. The first-order valence-corrected chi connectivity index (χ1v) is 38.5. The van der Waals surface area contributed by atoms with Crippen molar-refractivity contribution in [3.05, 3.63) is 11.6 Å². The molecule has 628 valence electrons. The van der Waals surface area contributed by atoms with E-state index in [0.29, 0.717) is 38.5 Å². The number of carboxylic acids is 1. The number of nitrogens with one attached hydrogen (secondary N) is 1. The summed E-state index contributed by atoms with van der Waals surface area (Å²) in [5.41, 5.74) is -6.59. The zero-order valence-corrected chi connectivity index (χ0v) is 63.2. The van der Waals surface area contributed by atoms with Crippen molar-refractivity contribution in [3.63, 3.8) is 0 Å². The SMILES string of the molecule is CCOC(=O)N[C@H]1C(CO)O[C@@H](OC(=O)[C@]23CCC(C)(C)CC2C2=CCC4C5(C)CC[C@H](O[C@@H]6OC(C(=O)O)C[C@H](O[C@@H]7OC[C@H](O)[C@H](O)C7O)C6O[C@@H]6OC(CO)[C@H](O)[C@H](O)C6O)[C@](C)(C=O)[C@@H]5CC[C@]4(C)[C@]2(C)CC3O)C(O[C@@H]2OC(C)[C@H](O[C@@H]3OC[C@H](O)C(O[C@H]4OC[C@@](O)(CC)C4O)C3O)C(O)C2O)C1O. The van der Waals surface area contributed by atoms with Crippen LogP contribution in [-0.2, 0) is 85.4 Å². The molecular weight excluding hydrogens is 1470 g/mol. The van der Waals surface area contributed by atoms with Gasteiger partial charge in [0.05, 0.1) is 75.5 Å². The highest BCUT2D eigenvalue weighted by Gasteiger charge is 2.73. The van der Waals surface area contributed by atoms with E-state index in [1.165, 1.54) is 13.8 Å².